The van der Waals surface area contributed by atoms with E-state index in [2.05, 4.69) is 29.5 Å². The molecule has 1 unspecified atom stereocenters. The van der Waals surface area contributed by atoms with Crippen LogP contribution >= 0.6 is 0 Å². The average molecular weight is 332 g/mol. The van der Waals surface area contributed by atoms with Gasteiger partial charge in [0, 0.05) is 25.9 Å². The molecule has 5 nitrogen and oxygen atoms in total. The smallest absolute Gasteiger partial charge is 0.191 e. The number of sulfone groups is 1. The van der Waals surface area contributed by atoms with Crippen molar-refractivity contribution in [3.05, 3.63) is 0 Å². The van der Waals surface area contributed by atoms with Crippen LogP contribution in [0.4, 0.5) is 0 Å². The Balaban J connectivity index is 2.41. The number of nitrogens with zero attached hydrogens (tertiary/aromatic N) is 1. The molecule has 1 fully saturated rings. The minimum Gasteiger partial charge on any atom is -0.356 e. The van der Waals surface area contributed by atoms with E-state index in [-0.39, 0.29) is 17.2 Å². The van der Waals surface area contributed by atoms with Gasteiger partial charge >= 0.3 is 0 Å². The highest BCUT2D eigenvalue weighted by molar-refractivity contribution is 7.90. The SMILES string of the molecule is CN=C(NCC(C)(C)C1CCCC1)NC(C)CCS(C)(=O)=O. The van der Waals surface area contributed by atoms with Crippen LogP contribution < -0.4 is 10.6 Å². The third-order valence-corrected chi connectivity index (χ3v) is 5.68. The van der Waals surface area contributed by atoms with Gasteiger partial charge in [-0.1, -0.05) is 26.7 Å². The van der Waals surface area contributed by atoms with Gasteiger partial charge in [0.2, 0.25) is 0 Å². The summed E-state index contributed by atoms with van der Waals surface area (Å²) < 4.78 is 22.4. The fourth-order valence-electron chi connectivity index (χ4n) is 3.05. The monoisotopic (exact) mass is 331 g/mol. The highest BCUT2D eigenvalue weighted by atomic mass is 32.2. The fraction of sp³-hybridized carbons (Fsp3) is 0.938. The lowest BCUT2D eigenvalue weighted by Gasteiger charge is -2.32. The van der Waals surface area contributed by atoms with Gasteiger partial charge in [-0.05, 0) is 37.5 Å². The summed E-state index contributed by atoms with van der Waals surface area (Å²) in [5, 5.41) is 6.68. The van der Waals surface area contributed by atoms with Gasteiger partial charge in [-0.25, -0.2) is 8.42 Å². The van der Waals surface area contributed by atoms with Crippen LogP contribution in [0, 0.1) is 11.3 Å². The van der Waals surface area contributed by atoms with Gasteiger partial charge in [0.1, 0.15) is 9.84 Å². The maximum absolute atomic E-state index is 11.2. The molecule has 6 heteroatoms. The van der Waals surface area contributed by atoms with E-state index < -0.39 is 9.84 Å². The van der Waals surface area contributed by atoms with E-state index in [1.54, 1.807) is 7.05 Å². The highest BCUT2D eigenvalue weighted by Gasteiger charge is 2.31. The van der Waals surface area contributed by atoms with Crippen LogP contribution in [0.3, 0.4) is 0 Å². The summed E-state index contributed by atoms with van der Waals surface area (Å²) in [6.45, 7) is 7.50. The molecule has 0 spiro atoms. The number of hydrogen-bond acceptors (Lipinski definition) is 3. The fourth-order valence-corrected chi connectivity index (χ4v) is 3.84. The molecule has 0 aromatic heterocycles. The summed E-state index contributed by atoms with van der Waals surface area (Å²) >= 11 is 0. The maximum atomic E-state index is 11.2. The lowest BCUT2D eigenvalue weighted by atomic mass is 9.78. The normalized spacial score (nSPS) is 19.2. The topological polar surface area (TPSA) is 70.6 Å². The van der Waals surface area contributed by atoms with Gasteiger partial charge in [0.15, 0.2) is 5.96 Å². The molecule has 0 amide bonds. The molecule has 1 rings (SSSR count). The Hall–Kier alpha value is -0.780. The van der Waals surface area contributed by atoms with Crippen LogP contribution in [0.2, 0.25) is 0 Å². The Kier molecular flexibility index (Phi) is 7.16. The molecule has 0 aromatic carbocycles. The molecule has 0 aromatic rings. The molecule has 0 radical (unpaired) electrons. The summed E-state index contributed by atoms with van der Waals surface area (Å²) in [6.07, 6.45) is 7.21. The molecule has 0 heterocycles. The molecule has 22 heavy (non-hydrogen) atoms. The molecule has 1 aliphatic rings. The summed E-state index contributed by atoms with van der Waals surface area (Å²) in [6, 6.07) is 0.0792. The second kappa shape index (κ2) is 8.18. The molecule has 1 atom stereocenters. The van der Waals surface area contributed by atoms with Crippen LogP contribution in [0.15, 0.2) is 4.99 Å². The van der Waals surface area contributed by atoms with Crippen LogP contribution in [0.25, 0.3) is 0 Å². The zero-order valence-corrected chi connectivity index (χ0v) is 15.6. The molecule has 0 bridgehead atoms. The van der Waals surface area contributed by atoms with Crippen molar-refractivity contribution in [2.75, 3.05) is 25.6 Å². The average Bonchev–Trinajstić information content (AvgIpc) is 2.95. The Morgan fingerprint density at radius 3 is 2.41 bits per heavy atom. The van der Waals surface area contributed by atoms with Gasteiger partial charge in [-0.2, -0.15) is 0 Å². The van der Waals surface area contributed by atoms with Gasteiger partial charge in [-0.3, -0.25) is 4.99 Å². The van der Waals surface area contributed by atoms with Crippen molar-refractivity contribution in [1.82, 2.24) is 10.6 Å². The van der Waals surface area contributed by atoms with Crippen molar-refractivity contribution in [2.45, 2.75) is 58.9 Å². The number of guanidine groups is 1. The minimum absolute atomic E-state index is 0.0792. The van der Waals surface area contributed by atoms with Gasteiger partial charge < -0.3 is 10.6 Å². The van der Waals surface area contributed by atoms with Crippen molar-refractivity contribution < 1.29 is 8.42 Å². The van der Waals surface area contributed by atoms with E-state index >= 15 is 0 Å². The first kappa shape index (κ1) is 19.3. The van der Waals surface area contributed by atoms with Crippen LogP contribution in [0.5, 0.6) is 0 Å². The van der Waals surface area contributed by atoms with E-state index in [0.29, 0.717) is 6.42 Å². The van der Waals surface area contributed by atoms with Gasteiger partial charge in [-0.15, -0.1) is 0 Å². The molecule has 2 N–H and O–H groups in total. The first-order valence-corrected chi connectivity index (χ1v) is 10.3. The number of rotatable bonds is 7. The number of nitrogens with one attached hydrogen (secondary N) is 2. The van der Waals surface area contributed by atoms with Crippen LogP contribution in [-0.4, -0.2) is 46.0 Å². The molecule has 0 saturated heterocycles. The Bertz CT molecular complexity index is 466. The van der Waals surface area contributed by atoms with E-state index in [0.717, 1.165) is 18.4 Å². The summed E-state index contributed by atoms with van der Waals surface area (Å²) in [7, 11) is -1.16. The quantitative estimate of drug-likeness (QED) is 0.554. The lowest BCUT2D eigenvalue weighted by molar-refractivity contribution is 0.218. The molecule has 0 aliphatic heterocycles. The zero-order chi connectivity index (χ0) is 16.8. The Labute approximate surface area is 136 Å². The van der Waals surface area contributed by atoms with Gasteiger partial charge in [0.05, 0.1) is 5.75 Å². The Morgan fingerprint density at radius 1 is 1.32 bits per heavy atom. The first-order chi connectivity index (χ1) is 10.1. The summed E-state index contributed by atoms with van der Waals surface area (Å²) in [5.74, 6) is 1.74. The summed E-state index contributed by atoms with van der Waals surface area (Å²) in [4.78, 5) is 4.25. The van der Waals surface area contributed by atoms with E-state index in [1.807, 2.05) is 6.92 Å². The molecule has 1 saturated carbocycles. The highest BCUT2D eigenvalue weighted by Crippen LogP contribution is 2.38. The maximum Gasteiger partial charge on any atom is 0.191 e. The molecular formula is C16H33N3O2S. The largest absolute Gasteiger partial charge is 0.356 e. The number of aliphatic imine (C=N–C) groups is 1. The van der Waals surface area contributed by atoms with Crippen molar-refractivity contribution in [3.8, 4) is 0 Å². The van der Waals surface area contributed by atoms with E-state index in [4.69, 9.17) is 0 Å². The van der Waals surface area contributed by atoms with Gasteiger partial charge in [0.25, 0.3) is 0 Å². The molecule has 1 aliphatic carbocycles. The molecule has 130 valence electrons. The van der Waals surface area contributed by atoms with Crippen molar-refractivity contribution in [3.63, 3.8) is 0 Å². The molecular weight excluding hydrogens is 298 g/mol. The van der Waals surface area contributed by atoms with Crippen molar-refractivity contribution >= 4 is 15.8 Å². The third kappa shape index (κ3) is 6.99. The van der Waals surface area contributed by atoms with E-state index in [9.17, 15) is 8.42 Å². The number of hydrogen-bond donors (Lipinski definition) is 2. The van der Waals surface area contributed by atoms with Crippen molar-refractivity contribution in [1.29, 1.82) is 0 Å². The summed E-state index contributed by atoms with van der Waals surface area (Å²) in [5.41, 5.74) is 0.254. The second-order valence-electron chi connectivity index (χ2n) is 7.36. The standard InChI is InChI=1S/C16H33N3O2S/c1-13(10-11-22(5,20)21)19-15(17-4)18-12-16(2,3)14-8-6-7-9-14/h13-14H,6-12H2,1-5H3,(H2,17,18,19). The minimum atomic E-state index is -2.91. The van der Waals surface area contributed by atoms with Crippen LogP contribution in [0.1, 0.15) is 52.9 Å². The van der Waals surface area contributed by atoms with Crippen LogP contribution in [-0.2, 0) is 9.84 Å². The third-order valence-electron chi connectivity index (χ3n) is 4.70. The predicted molar refractivity (Wildman–Crippen MR) is 94.0 cm³/mol. The predicted octanol–water partition coefficient (Wildman–Crippen LogP) is 2.19. The first-order valence-electron chi connectivity index (χ1n) is 8.29. The lowest BCUT2D eigenvalue weighted by Crippen LogP contribution is -2.47. The van der Waals surface area contributed by atoms with E-state index in [1.165, 1.54) is 31.9 Å². The zero-order valence-electron chi connectivity index (χ0n) is 14.8. The van der Waals surface area contributed by atoms with Crippen molar-refractivity contribution in [2.24, 2.45) is 16.3 Å². The Morgan fingerprint density at radius 2 is 1.91 bits per heavy atom. The second-order valence-corrected chi connectivity index (χ2v) is 9.62.